The highest BCUT2D eigenvalue weighted by atomic mass is 16.6. The molecule has 5 aromatic rings. The third-order valence-corrected chi connectivity index (χ3v) is 8.22. The molecule has 0 aliphatic carbocycles. The maximum Gasteiger partial charge on any atom is 0.261 e. The van der Waals surface area contributed by atoms with Crippen LogP contribution in [0.1, 0.15) is 50.2 Å². The van der Waals surface area contributed by atoms with E-state index in [1.165, 1.54) is 4.90 Å². The second-order valence-electron chi connectivity index (χ2n) is 10.3. The fourth-order valence-electron chi connectivity index (χ4n) is 6.44. The predicted octanol–water partition coefficient (Wildman–Crippen LogP) is 7.09. The monoisotopic (exact) mass is 509 g/mol. The van der Waals surface area contributed by atoms with E-state index in [9.17, 15) is 9.59 Å². The summed E-state index contributed by atoms with van der Waals surface area (Å²) in [5.41, 5.74) is 3.15. The van der Waals surface area contributed by atoms with Crippen LogP contribution in [-0.2, 0) is 15.9 Å². The molecule has 2 amide bonds. The van der Waals surface area contributed by atoms with Gasteiger partial charge in [-0.25, -0.2) is 0 Å². The van der Waals surface area contributed by atoms with E-state index < -0.39 is 11.2 Å². The van der Waals surface area contributed by atoms with Gasteiger partial charge in [0.25, 0.3) is 11.8 Å². The molecule has 39 heavy (non-hydrogen) atoms. The largest absolute Gasteiger partial charge is 0.347 e. The first-order chi connectivity index (χ1) is 19.2. The van der Waals surface area contributed by atoms with Crippen LogP contribution in [0.5, 0.6) is 0 Å². The van der Waals surface area contributed by atoms with Crippen molar-refractivity contribution in [3.05, 3.63) is 155 Å². The number of ether oxygens (including phenoxy) is 1. The van der Waals surface area contributed by atoms with Gasteiger partial charge in [-0.15, -0.1) is 0 Å². The summed E-state index contributed by atoms with van der Waals surface area (Å²) < 4.78 is 6.91. The Bertz CT molecular complexity index is 1610. The lowest BCUT2D eigenvalue weighted by Gasteiger charge is -2.28. The third-order valence-electron chi connectivity index (χ3n) is 8.22. The first-order valence-corrected chi connectivity index (χ1v) is 13.4. The molecule has 2 aliphatic rings. The summed E-state index contributed by atoms with van der Waals surface area (Å²) in [6, 6.07) is 42.3. The van der Waals surface area contributed by atoms with E-state index in [1.54, 1.807) is 0 Å². The number of benzene rings is 5. The Kier molecular flexibility index (Phi) is 5.46. The number of hydrogen-bond donors (Lipinski definition) is 0. The molecular weight excluding hydrogens is 482 g/mol. The highest BCUT2D eigenvalue weighted by molar-refractivity contribution is 6.25. The average molecular weight is 510 g/mol. The minimum absolute atomic E-state index is 0.229. The first-order valence-electron chi connectivity index (χ1n) is 13.4. The zero-order chi connectivity index (χ0) is 26.5. The van der Waals surface area contributed by atoms with E-state index in [0.717, 1.165) is 27.5 Å². The summed E-state index contributed by atoms with van der Waals surface area (Å²) in [5, 5.41) is 1.67. The number of carbonyl (C=O) groups excluding carboxylic acids is 2. The molecule has 4 heteroatoms. The maximum atomic E-state index is 13.5. The smallest absolute Gasteiger partial charge is 0.261 e. The van der Waals surface area contributed by atoms with Crippen molar-refractivity contribution in [2.24, 2.45) is 0 Å². The zero-order valence-corrected chi connectivity index (χ0v) is 21.4. The summed E-state index contributed by atoms with van der Waals surface area (Å²) in [4.78, 5) is 28.4. The fraction of sp³-hybridized carbons (Fsp3) is 0.143. The number of imide groups is 1. The Balaban J connectivity index is 1.24. The van der Waals surface area contributed by atoms with Crippen LogP contribution in [0, 0.1) is 0 Å². The Hall–Kier alpha value is -4.54. The number of hydrogen-bond acceptors (Lipinski definition) is 3. The molecule has 2 heterocycles. The second-order valence-corrected chi connectivity index (χ2v) is 10.3. The van der Waals surface area contributed by atoms with Gasteiger partial charge in [0.1, 0.15) is 5.60 Å². The van der Waals surface area contributed by atoms with E-state index in [0.29, 0.717) is 30.5 Å². The van der Waals surface area contributed by atoms with Gasteiger partial charge < -0.3 is 4.74 Å². The normalized spacial score (nSPS) is 19.3. The average Bonchev–Trinajstić information content (AvgIpc) is 3.70. The lowest BCUT2D eigenvalue weighted by Crippen LogP contribution is -2.41. The molecule has 4 nitrogen and oxygen atoms in total. The van der Waals surface area contributed by atoms with E-state index in [2.05, 4.69) is 36.4 Å². The Morgan fingerprint density at radius 2 is 1.05 bits per heavy atom. The third kappa shape index (κ3) is 3.49. The number of carbonyl (C=O) groups is 2. The van der Waals surface area contributed by atoms with Crippen LogP contribution in [0.3, 0.4) is 0 Å². The van der Waals surface area contributed by atoms with Gasteiger partial charge in [-0.1, -0.05) is 115 Å². The maximum absolute atomic E-state index is 13.5. The molecule has 0 bridgehead atoms. The zero-order valence-electron chi connectivity index (χ0n) is 21.4. The van der Waals surface area contributed by atoms with Crippen molar-refractivity contribution in [3.63, 3.8) is 0 Å². The van der Waals surface area contributed by atoms with Crippen molar-refractivity contribution in [1.29, 1.82) is 0 Å². The standard InChI is InChI=1S/C35H27NO3/c37-32-29-21-10-13-25-14-11-22-30(31(25)29)33(38)36(32)24-12-23-34(26-15-4-1-5-16-26)35(39-34,27-17-6-2-7-18-27)28-19-8-3-9-20-28/h1-11,13-22H,12,23-24H2. The van der Waals surface area contributed by atoms with Gasteiger partial charge in [0, 0.05) is 23.1 Å². The molecule has 5 aromatic carbocycles. The number of epoxide rings is 1. The first kappa shape index (κ1) is 23.6. The van der Waals surface area contributed by atoms with Crippen LogP contribution in [-0.4, -0.2) is 23.3 Å². The molecule has 0 saturated carbocycles. The van der Waals surface area contributed by atoms with E-state index in [-0.39, 0.29) is 11.8 Å². The summed E-state index contributed by atoms with van der Waals surface area (Å²) in [5.74, 6) is -0.459. The van der Waals surface area contributed by atoms with Crippen molar-refractivity contribution < 1.29 is 14.3 Å². The minimum Gasteiger partial charge on any atom is -0.347 e. The Morgan fingerprint density at radius 3 is 1.56 bits per heavy atom. The fourth-order valence-corrected chi connectivity index (χ4v) is 6.44. The SMILES string of the molecule is O=C1c2cccc3cccc(c23)C(=O)N1CCCC1(c2ccccc2)OC1(c1ccccc1)c1ccccc1. The second kappa shape index (κ2) is 9.04. The summed E-state index contributed by atoms with van der Waals surface area (Å²) in [6.07, 6.45) is 1.25. The molecule has 190 valence electrons. The summed E-state index contributed by atoms with van der Waals surface area (Å²) >= 11 is 0. The molecule has 2 aliphatic heterocycles. The number of amides is 2. The van der Waals surface area contributed by atoms with Crippen molar-refractivity contribution in [2.75, 3.05) is 6.54 Å². The van der Waals surface area contributed by atoms with Gasteiger partial charge in [-0.3, -0.25) is 14.5 Å². The van der Waals surface area contributed by atoms with Crippen LogP contribution >= 0.6 is 0 Å². The topological polar surface area (TPSA) is 49.9 Å². The van der Waals surface area contributed by atoms with Crippen LogP contribution in [0.15, 0.2) is 127 Å². The highest BCUT2D eigenvalue weighted by Gasteiger charge is 2.71. The van der Waals surface area contributed by atoms with Crippen LogP contribution in [0.2, 0.25) is 0 Å². The highest BCUT2D eigenvalue weighted by Crippen LogP contribution is 2.67. The summed E-state index contributed by atoms with van der Waals surface area (Å²) in [6.45, 7) is 0.319. The van der Waals surface area contributed by atoms with E-state index in [4.69, 9.17) is 4.74 Å². The number of rotatable bonds is 7. The summed E-state index contributed by atoms with van der Waals surface area (Å²) in [7, 11) is 0. The molecule has 7 rings (SSSR count). The van der Waals surface area contributed by atoms with Gasteiger partial charge in [-0.05, 0) is 47.1 Å². The van der Waals surface area contributed by atoms with Gasteiger partial charge in [0.05, 0.1) is 0 Å². The predicted molar refractivity (Wildman–Crippen MR) is 151 cm³/mol. The van der Waals surface area contributed by atoms with Crippen molar-refractivity contribution in [3.8, 4) is 0 Å². The van der Waals surface area contributed by atoms with Crippen molar-refractivity contribution in [1.82, 2.24) is 4.90 Å². The minimum atomic E-state index is -0.662. The Morgan fingerprint density at radius 1 is 0.564 bits per heavy atom. The molecule has 0 radical (unpaired) electrons. The lowest BCUT2D eigenvalue weighted by molar-refractivity contribution is 0.0604. The number of nitrogens with zero attached hydrogens (tertiary/aromatic N) is 1. The molecule has 1 atom stereocenters. The molecule has 0 N–H and O–H groups in total. The quantitative estimate of drug-likeness (QED) is 0.174. The van der Waals surface area contributed by atoms with Crippen LogP contribution in [0.4, 0.5) is 0 Å². The van der Waals surface area contributed by atoms with Crippen molar-refractivity contribution in [2.45, 2.75) is 24.0 Å². The molecule has 0 aromatic heterocycles. The molecular formula is C35H27NO3. The molecule has 1 saturated heterocycles. The molecule has 1 unspecified atom stereocenters. The molecule has 0 spiro atoms. The van der Waals surface area contributed by atoms with E-state index >= 15 is 0 Å². The van der Waals surface area contributed by atoms with Gasteiger partial charge in [0.2, 0.25) is 0 Å². The van der Waals surface area contributed by atoms with Crippen molar-refractivity contribution >= 4 is 22.6 Å². The van der Waals surface area contributed by atoms with Gasteiger partial charge in [0.15, 0.2) is 5.60 Å². The Labute approximate surface area is 227 Å². The molecule has 1 fully saturated rings. The van der Waals surface area contributed by atoms with Gasteiger partial charge >= 0.3 is 0 Å². The van der Waals surface area contributed by atoms with Crippen LogP contribution in [0.25, 0.3) is 10.8 Å². The lowest BCUT2D eigenvalue weighted by atomic mass is 9.75. The van der Waals surface area contributed by atoms with Gasteiger partial charge in [-0.2, -0.15) is 0 Å². The van der Waals surface area contributed by atoms with E-state index in [1.807, 2.05) is 91.0 Å². The van der Waals surface area contributed by atoms with Crippen LogP contribution < -0.4 is 0 Å².